The van der Waals surface area contributed by atoms with Gasteiger partial charge in [0.1, 0.15) is 21.5 Å². The number of benzene rings is 2. The van der Waals surface area contributed by atoms with Crippen LogP contribution in [0.5, 0.6) is 5.75 Å². The number of hydrogen-bond donors (Lipinski definition) is 0. The van der Waals surface area contributed by atoms with Crippen LogP contribution in [0.15, 0.2) is 82.4 Å². The molecule has 2 aromatic heterocycles. The zero-order chi connectivity index (χ0) is 25.8. The molecule has 3 heterocycles. The average molecular weight is 550 g/mol. The number of carbonyl (C=O) groups excluding carboxylic acids is 1. The first-order valence-corrected chi connectivity index (χ1v) is 13.5. The first-order valence-electron chi connectivity index (χ1n) is 11.9. The van der Waals surface area contributed by atoms with Crippen molar-refractivity contribution in [3.63, 3.8) is 0 Å². The van der Waals surface area contributed by atoms with Gasteiger partial charge in [0.25, 0.3) is 5.91 Å². The Morgan fingerprint density at radius 2 is 2.00 bits per heavy atom. The summed E-state index contributed by atoms with van der Waals surface area (Å²) in [7, 11) is 0. The molecule has 0 bridgehead atoms. The summed E-state index contributed by atoms with van der Waals surface area (Å²) >= 11 is 13.3. The normalized spacial score (nSPS) is 14.6. The van der Waals surface area contributed by atoms with E-state index in [0.717, 1.165) is 29.7 Å². The third-order valence-electron chi connectivity index (χ3n) is 5.78. The van der Waals surface area contributed by atoms with Crippen LogP contribution in [0, 0.1) is 0 Å². The van der Waals surface area contributed by atoms with Crippen LogP contribution in [0.4, 0.5) is 0 Å². The molecule has 0 radical (unpaired) electrons. The number of amides is 1. The smallest absolute Gasteiger partial charge is 0.266 e. The second-order valence-electron chi connectivity index (χ2n) is 8.41. The number of nitrogens with zero attached hydrogens (tertiary/aromatic N) is 3. The fourth-order valence-corrected chi connectivity index (χ4v) is 5.34. The molecular formula is C28H24ClN3O3S2. The van der Waals surface area contributed by atoms with Gasteiger partial charge in [-0.3, -0.25) is 9.69 Å². The number of unbranched alkanes of at least 4 members (excludes halogenated alkanes) is 1. The molecule has 0 saturated carbocycles. The second-order valence-corrected chi connectivity index (χ2v) is 10.5. The van der Waals surface area contributed by atoms with E-state index in [9.17, 15) is 4.79 Å². The van der Waals surface area contributed by atoms with Crippen molar-refractivity contribution in [1.29, 1.82) is 0 Å². The highest BCUT2D eigenvalue weighted by Gasteiger charge is 2.33. The van der Waals surface area contributed by atoms with Crippen molar-refractivity contribution >= 4 is 51.9 Å². The van der Waals surface area contributed by atoms with Gasteiger partial charge in [-0.1, -0.05) is 67.1 Å². The molecule has 1 saturated heterocycles. The van der Waals surface area contributed by atoms with E-state index in [2.05, 4.69) is 6.92 Å². The Labute approximate surface area is 229 Å². The molecular weight excluding hydrogens is 526 g/mol. The molecule has 0 spiro atoms. The molecule has 5 rings (SSSR count). The maximum Gasteiger partial charge on any atom is 0.266 e. The topological polar surface area (TPSA) is 60.5 Å². The minimum atomic E-state index is -0.164. The van der Waals surface area contributed by atoms with Gasteiger partial charge < -0.3 is 9.15 Å². The minimum absolute atomic E-state index is 0.164. The highest BCUT2D eigenvalue weighted by molar-refractivity contribution is 8.26. The number of halogens is 1. The summed E-state index contributed by atoms with van der Waals surface area (Å²) in [5, 5.41) is 5.37. The number of para-hydroxylation sites is 1. The van der Waals surface area contributed by atoms with Crippen LogP contribution >= 0.6 is 35.6 Å². The maximum absolute atomic E-state index is 13.2. The Balaban J connectivity index is 1.50. The van der Waals surface area contributed by atoms with E-state index >= 15 is 0 Å². The molecule has 0 unspecified atom stereocenters. The van der Waals surface area contributed by atoms with Gasteiger partial charge in [-0.05, 0) is 55.0 Å². The van der Waals surface area contributed by atoms with Crippen LogP contribution in [0.1, 0.15) is 31.1 Å². The van der Waals surface area contributed by atoms with Crippen molar-refractivity contribution in [3.05, 3.63) is 94.4 Å². The molecule has 0 N–H and O–H groups in total. The van der Waals surface area contributed by atoms with Gasteiger partial charge in [-0.25, -0.2) is 4.68 Å². The van der Waals surface area contributed by atoms with Gasteiger partial charge in [0.05, 0.1) is 35.0 Å². The van der Waals surface area contributed by atoms with Gasteiger partial charge in [0, 0.05) is 17.3 Å². The SMILES string of the molecule is CCCCOc1ccc(-c2nn(-c3ccccc3)cc2C=C2SC(=S)N(Cc3ccco3)C2=O)cc1Cl. The lowest BCUT2D eigenvalue weighted by atomic mass is 10.1. The Hall–Kier alpha value is -3.33. The Morgan fingerprint density at radius 1 is 1.16 bits per heavy atom. The van der Waals surface area contributed by atoms with Crippen LogP contribution in [-0.4, -0.2) is 31.5 Å². The predicted molar refractivity (Wildman–Crippen MR) is 152 cm³/mol. The van der Waals surface area contributed by atoms with Gasteiger partial charge in [0.15, 0.2) is 0 Å². The molecule has 37 heavy (non-hydrogen) atoms. The fourth-order valence-electron chi connectivity index (χ4n) is 3.86. The quantitative estimate of drug-likeness (QED) is 0.123. The summed E-state index contributed by atoms with van der Waals surface area (Å²) in [4.78, 5) is 15.3. The Bertz CT molecular complexity index is 1450. The lowest BCUT2D eigenvalue weighted by Gasteiger charge is -2.12. The van der Waals surface area contributed by atoms with Crippen molar-refractivity contribution in [2.75, 3.05) is 6.61 Å². The third kappa shape index (κ3) is 5.66. The van der Waals surface area contributed by atoms with Crippen LogP contribution in [0.3, 0.4) is 0 Å². The first-order chi connectivity index (χ1) is 18.0. The summed E-state index contributed by atoms with van der Waals surface area (Å²) in [6.45, 7) is 3.02. The molecule has 1 amide bonds. The summed E-state index contributed by atoms with van der Waals surface area (Å²) in [6, 6.07) is 19.1. The maximum atomic E-state index is 13.2. The van der Waals surface area contributed by atoms with Crippen LogP contribution in [0.2, 0.25) is 5.02 Å². The molecule has 188 valence electrons. The molecule has 4 aromatic rings. The van der Waals surface area contributed by atoms with E-state index < -0.39 is 0 Å². The first kappa shape index (κ1) is 25.3. The van der Waals surface area contributed by atoms with Gasteiger partial charge >= 0.3 is 0 Å². The Kier molecular flexibility index (Phi) is 7.79. The van der Waals surface area contributed by atoms with E-state index in [1.165, 1.54) is 11.8 Å². The van der Waals surface area contributed by atoms with E-state index in [1.54, 1.807) is 21.9 Å². The average Bonchev–Trinajstić information content (AvgIpc) is 3.63. The number of aromatic nitrogens is 2. The number of thioether (sulfide) groups is 1. The van der Waals surface area contributed by atoms with E-state index in [1.807, 2.05) is 66.9 Å². The van der Waals surface area contributed by atoms with Crippen molar-refractivity contribution in [1.82, 2.24) is 14.7 Å². The number of carbonyl (C=O) groups is 1. The fraction of sp³-hybridized carbons (Fsp3) is 0.179. The predicted octanol–water partition coefficient (Wildman–Crippen LogP) is 7.37. The number of hydrogen-bond acceptors (Lipinski definition) is 6. The summed E-state index contributed by atoms with van der Waals surface area (Å²) < 4.78 is 13.5. The molecule has 9 heteroatoms. The minimum Gasteiger partial charge on any atom is -0.492 e. The third-order valence-corrected chi connectivity index (χ3v) is 7.45. The number of furan rings is 1. The van der Waals surface area contributed by atoms with Crippen LogP contribution in [0.25, 0.3) is 23.0 Å². The summed E-state index contributed by atoms with van der Waals surface area (Å²) in [5.74, 6) is 1.15. The van der Waals surface area contributed by atoms with Crippen LogP contribution in [-0.2, 0) is 11.3 Å². The molecule has 6 nitrogen and oxygen atoms in total. The molecule has 0 atom stereocenters. The van der Waals surface area contributed by atoms with Crippen molar-refractivity contribution in [2.24, 2.45) is 0 Å². The molecule has 1 fully saturated rings. The monoisotopic (exact) mass is 549 g/mol. The lowest BCUT2D eigenvalue weighted by Crippen LogP contribution is -2.27. The van der Waals surface area contributed by atoms with E-state index in [0.29, 0.717) is 44.6 Å². The van der Waals surface area contributed by atoms with Gasteiger partial charge in [-0.2, -0.15) is 5.10 Å². The van der Waals surface area contributed by atoms with E-state index in [4.69, 9.17) is 38.1 Å². The zero-order valence-electron chi connectivity index (χ0n) is 20.1. The molecule has 1 aliphatic heterocycles. The highest BCUT2D eigenvalue weighted by Crippen LogP contribution is 2.37. The van der Waals surface area contributed by atoms with Crippen LogP contribution < -0.4 is 4.74 Å². The van der Waals surface area contributed by atoms with Gasteiger partial charge in [-0.15, -0.1) is 0 Å². The van der Waals surface area contributed by atoms with Crippen molar-refractivity contribution in [2.45, 2.75) is 26.3 Å². The van der Waals surface area contributed by atoms with Gasteiger partial charge in [0.2, 0.25) is 0 Å². The second kappa shape index (κ2) is 11.4. The summed E-state index contributed by atoms with van der Waals surface area (Å²) in [5.41, 5.74) is 3.19. The Morgan fingerprint density at radius 3 is 2.73 bits per heavy atom. The highest BCUT2D eigenvalue weighted by atomic mass is 35.5. The van der Waals surface area contributed by atoms with Crippen molar-refractivity contribution < 1.29 is 13.9 Å². The number of thiocarbonyl (C=S) groups is 1. The molecule has 0 aliphatic carbocycles. The lowest BCUT2D eigenvalue weighted by molar-refractivity contribution is -0.122. The van der Waals surface area contributed by atoms with Crippen molar-refractivity contribution in [3.8, 4) is 22.7 Å². The number of rotatable bonds is 9. The molecule has 1 aliphatic rings. The number of ether oxygens (including phenoxy) is 1. The summed E-state index contributed by atoms with van der Waals surface area (Å²) in [6.07, 6.45) is 7.33. The zero-order valence-corrected chi connectivity index (χ0v) is 22.5. The standard InChI is InChI=1S/C28H24ClN3O3S2/c1-2-3-13-35-24-12-11-19(15-23(24)29)26-20(17-32(30-26)21-8-5-4-6-9-21)16-25-27(33)31(28(36)37-25)18-22-10-7-14-34-22/h4-12,14-17H,2-3,13,18H2,1H3. The molecule has 2 aromatic carbocycles. The van der Waals surface area contributed by atoms with E-state index in [-0.39, 0.29) is 5.91 Å². The largest absolute Gasteiger partial charge is 0.492 e.